The lowest BCUT2D eigenvalue weighted by Crippen LogP contribution is -2.05. The highest BCUT2D eigenvalue weighted by Crippen LogP contribution is 2.22. The van der Waals surface area contributed by atoms with Gasteiger partial charge in [-0.25, -0.2) is 4.39 Å². The van der Waals surface area contributed by atoms with Crippen LogP contribution in [0, 0.1) is 11.7 Å². The van der Waals surface area contributed by atoms with E-state index in [1.165, 1.54) is 25.3 Å². The van der Waals surface area contributed by atoms with Crippen LogP contribution in [0.4, 0.5) is 4.39 Å². The Morgan fingerprint density at radius 1 is 1.47 bits per heavy atom. The zero-order chi connectivity index (χ0) is 11.4. The van der Waals surface area contributed by atoms with Crippen LogP contribution in [0.5, 0.6) is 5.75 Å². The van der Waals surface area contributed by atoms with Gasteiger partial charge in [-0.2, -0.15) is 0 Å². The molecule has 2 nitrogen and oxygen atoms in total. The Hall–Kier alpha value is -1.38. The molecule has 0 fully saturated rings. The molecule has 1 aromatic rings. The molecule has 0 aliphatic rings. The number of rotatable bonds is 4. The van der Waals surface area contributed by atoms with E-state index < -0.39 is 5.82 Å². The van der Waals surface area contributed by atoms with Crippen molar-refractivity contribution in [2.45, 2.75) is 20.3 Å². The van der Waals surface area contributed by atoms with Crippen molar-refractivity contribution in [2.75, 3.05) is 7.11 Å². The third kappa shape index (κ3) is 3.05. The summed E-state index contributed by atoms with van der Waals surface area (Å²) in [4.78, 5) is 11.7. The quantitative estimate of drug-likeness (QED) is 0.714. The molecule has 1 rings (SSSR count). The fraction of sp³-hybridized carbons (Fsp3) is 0.417. The van der Waals surface area contributed by atoms with E-state index in [1.54, 1.807) is 0 Å². The molecular formula is C12H15FO2. The number of halogens is 1. The molecular weight excluding hydrogens is 195 g/mol. The average Bonchev–Trinajstić information content (AvgIpc) is 2.16. The fourth-order valence-electron chi connectivity index (χ4n) is 1.38. The lowest BCUT2D eigenvalue weighted by molar-refractivity contribution is 0.0965. The predicted octanol–water partition coefficient (Wildman–Crippen LogP) is 3.06. The summed E-state index contributed by atoms with van der Waals surface area (Å²) in [6.45, 7) is 3.93. The Morgan fingerprint density at radius 2 is 2.13 bits per heavy atom. The first kappa shape index (κ1) is 11.7. The number of methoxy groups -OCH3 is 1. The van der Waals surface area contributed by atoms with E-state index in [1.807, 2.05) is 13.8 Å². The van der Waals surface area contributed by atoms with Crippen molar-refractivity contribution in [3.63, 3.8) is 0 Å². The summed E-state index contributed by atoms with van der Waals surface area (Å²) in [5.41, 5.74) is 0.451. The van der Waals surface area contributed by atoms with Crippen LogP contribution in [-0.2, 0) is 0 Å². The molecule has 0 amide bonds. The van der Waals surface area contributed by atoms with Crippen LogP contribution in [0.15, 0.2) is 18.2 Å². The number of benzene rings is 1. The van der Waals surface area contributed by atoms with Gasteiger partial charge in [0.15, 0.2) is 5.78 Å². The Bertz CT molecular complexity index is 359. The molecule has 0 saturated carbocycles. The Kier molecular flexibility index (Phi) is 3.83. The second kappa shape index (κ2) is 4.91. The monoisotopic (exact) mass is 210 g/mol. The first-order chi connectivity index (χ1) is 7.04. The van der Waals surface area contributed by atoms with Gasteiger partial charge in [0.05, 0.1) is 12.7 Å². The Labute approximate surface area is 89.1 Å². The first-order valence-electron chi connectivity index (χ1n) is 4.91. The molecule has 0 aromatic heterocycles. The molecule has 82 valence electrons. The number of hydrogen-bond donors (Lipinski definition) is 0. The van der Waals surface area contributed by atoms with Gasteiger partial charge < -0.3 is 4.74 Å². The number of ketones is 1. The second-order valence-electron chi connectivity index (χ2n) is 3.87. The van der Waals surface area contributed by atoms with Crippen LogP contribution in [-0.4, -0.2) is 12.9 Å². The third-order valence-corrected chi connectivity index (χ3v) is 2.06. The average molecular weight is 210 g/mol. The molecule has 0 aliphatic heterocycles. The normalized spacial score (nSPS) is 10.5. The number of carbonyl (C=O) groups is 1. The first-order valence-corrected chi connectivity index (χ1v) is 4.91. The summed E-state index contributed by atoms with van der Waals surface area (Å²) >= 11 is 0. The van der Waals surface area contributed by atoms with E-state index in [0.29, 0.717) is 17.7 Å². The number of Topliss-reactive ketones (excluding diaryl/α,β-unsaturated/α-hetero) is 1. The topological polar surface area (TPSA) is 26.3 Å². The Balaban J connectivity index is 2.97. The molecule has 0 bridgehead atoms. The molecule has 0 spiro atoms. The van der Waals surface area contributed by atoms with Crippen molar-refractivity contribution in [3.05, 3.63) is 29.6 Å². The van der Waals surface area contributed by atoms with Gasteiger partial charge >= 0.3 is 0 Å². The lowest BCUT2D eigenvalue weighted by Gasteiger charge is -2.08. The molecule has 0 atom stereocenters. The van der Waals surface area contributed by atoms with Gasteiger partial charge in [0.2, 0.25) is 0 Å². The van der Waals surface area contributed by atoms with E-state index in [4.69, 9.17) is 4.74 Å². The largest absolute Gasteiger partial charge is 0.496 e. The van der Waals surface area contributed by atoms with Gasteiger partial charge in [0.25, 0.3) is 0 Å². The highest BCUT2D eigenvalue weighted by Gasteiger charge is 2.13. The predicted molar refractivity (Wildman–Crippen MR) is 56.7 cm³/mol. The van der Waals surface area contributed by atoms with Crippen LogP contribution in [0.1, 0.15) is 30.6 Å². The minimum Gasteiger partial charge on any atom is -0.496 e. The summed E-state index contributed by atoms with van der Waals surface area (Å²) < 4.78 is 17.8. The van der Waals surface area contributed by atoms with E-state index in [9.17, 15) is 9.18 Å². The summed E-state index contributed by atoms with van der Waals surface area (Å²) in [6, 6.07) is 3.97. The molecule has 0 aliphatic carbocycles. The summed E-state index contributed by atoms with van der Waals surface area (Å²) in [5, 5.41) is 0. The molecule has 0 saturated heterocycles. The van der Waals surface area contributed by atoms with Crippen molar-refractivity contribution in [3.8, 4) is 5.75 Å². The lowest BCUT2D eigenvalue weighted by atomic mass is 10.0. The molecule has 0 unspecified atom stereocenters. The van der Waals surface area contributed by atoms with Gasteiger partial charge in [-0.1, -0.05) is 13.8 Å². The zero-order valence-electron chi connectivity index (χ0n) is 9.21. The molecule has 0 N–H and O–H groups in total. The molecule has 15 heavy (non-hydrogen) atoms. The van der Waals surface area contributed by atoms with Gasteiger partial charge in [0.1, 0.15) is 11.6 Å². The minimum absolute atomic E-state index is 0.0122. The molecule has 3 heteroatoms. The van der Waals surface area contributed by atoms with E-state index in [2.05, 4.69) is 0 Å². The third-order valence-electron chi connectivity index (χ3n) is 2.06. The highest BCUT2D eigenvalue weighted by atomic mass is 19.1. The van der Waals surface area contributed by atoms with Crippen LogP contribution >= 0.6 is 0 Å². The van der Waals surface area contributed by atoms with Gasteiger partial charge in [-0.15, -0.1) is 0 Å². The van der Waals surface area contributed by atoms with Gasteiger partial charge in [-0.3, -0.25) is 4.79 Å². The van der Waals surface area contributed by atoms with Crippen LogP contribution in [0.3, 0.4) is 0 Å². The SMILES string of the molecule is COc1cc(F)ccc1C(=O)CC(C)C. The van der Waals surface area contributed by atoms with E-state index in [-0.39, 0.29) is 11.7 Å². The van der Waals surface area contributed by atoms with Crippen molar-refractivity contribution < 1.29 is 13.9 Å². The molecule has 1 aromatic carbocycles. The highest BCUT2D eigenvalue weighted by molar-refractivity contribution is 5.98. The number of ether oxygens (including phenoxy) is 1. The van der Waals surface area contributed by atoms with E-state index in [0.717, 1.165) is 0 Å². The van der Waals surface area contributed by atoms with Crippen molar-refractivity contribution in [2.24, 2.45) is 5.92 Å². The second-order valence-corrected chi connectivity index (χ2v) is 3.87. The van der Waals surface area contributed by atoms with Crippen LogP contribution in [0.2, 0.25) is 0 Å². The summed E-state index contributed by atoms with van der Waals surface area (Å²) in [7, 11) is 1.43. The fourth-order valence-corrected chi connectivity index (χ4v) is 1.38. The summed E-state index contributed by atoms with van der Waals surface area (Å²) in [6.07, 6.45) is 0.446. The standard InChI is InChI=1S/C12H15FO2/c1-8(2)6-11(14)10-5-4-9(13)7-12(10)15-3/h4-5,7-8H,6H2,1-3H3. The minimum atomic E-state index is -0.395. The Morgan fingerprint density at radius 3 is 2.67 bits per heavy atom. The van der Waals surface area contributed by atoms with Crippen LogP contribution in [0.25, 0.3) is 0 Å². The van der Waals surface area contributed by atoms with Crippen LogP contribution < -0.4 is 4.74 Å². The van der Waals surface area contributed by atoms with Gasteiger partial charge in [0, 0.05) is 12.5 Å². The van der Waals surface area contributed by atoms with Crippen molar-refractivity contribution in [1.29, 1.82) is 0 Å². The zero-order valence-corrected chi connectivity index (χ0v) is 9.21. The number of hydrogen-bond acceptors (Lipinski definition) is 2. The van der Waals surface area contributed by atoms with Gasteiger partial charge in [-0.05, 0) is 18.1 Å². The smallest absolute Gasteiger partial charge is 0.166 e. The van der Waals surface area contributed by atoms with E-state index >= 15 is 0 Å². The summed E-state index contributed by atoms with van der Waals surface area (Å²) in [5.74, 6) is 0.183. The maximum atomic E-state index is 12.9. The number of carbonyl (C=O) groups excluding carboxylic acids is 1. The molecule has 0 radical (unpaired) electrons. The maximum Gasteiger partial charge on any atom is 0.166 e. The molecule has 0 heterocycles. The maximum absolute atomic E-state index is 12.9. The van der Waals surface area contributed by atoms with Crippen molar-refractivity contribution in [1.82, 2.24) is 0 Å². The van der Waals surface area contributed by atoms with Crippen molar-refractivity contribution >= 4 is 5.78 Å².